The normalized spacial score (nSPS) is 31.9. The number of rotatable bonds is 32. The Hall–Kier alpha value is -2.56. The second-order valence-corrected chi connectivity index (χ2v) is 45.3. The summed E-state index contributed by atoms with van der Waals surface area (Å²) in [6.45, 7) is 57.9. The molecule has 19 heteroatoms. The molecule has 0 aliphatic heterocycles. The fraction of sp³-hybridized carbons (Fsp3) is 0.958. The van der Waals surface area contributed by atoms with Crippen molar-refractivity contribution in [1.29, 1.82) is 0 Å². The molecule has 0 heterocycles. The first-order chi connectivity index (χ1) is 51.4. The molecule has 0 amide bonds. The Kier molecular flexibility index (Phi) is 32.3. The van der Waals surface area contributed by atoms with Crippen LogP contribution in [0.1, 0.15) is 388 Å². The third kappa shape index (κ3) is 22.8. The molecule has 668 valence electrons. The van der Waals surface area contributed by atoms with Gasteiger partial charge in [-0.1, -0.05) is 62.3 Å². The van der Waals surface area contributed by atoms with Crippen LogP contribution in [0.15, 0.2) is 0 Å². The van der Waals surface area contributed by atoms with E-state index in [4.69, 9.17) is 18.9 Å². The summed E-state index contributed by atoms with van der Waals surface area (Å²) >= 11 is 0. The molecule has 114 heavy (non-hydrogen) atoms. The van der Waals surface area contributed by atoms with Crippen LogP contribution in [0.3, 0.4) is 0 Å². The summed E-state index contributed by atoms with van der Waals surface area (Å²) in [5, 5.41) is 125. The SMILES string of the molecule is CCC(C)(C)C(=O)OC(C1CC(C(C)(C)O)CC(C(C)(C)O)C1)C1CC(C(C)(C)O)CC(C(C)(C)O)C1.CCC(C)(C)C(=O)OC(C1CCC(C(C)(C)O)C(C(C)(C)O)C1)C1CCC(C(C)(C)O)C(C(C)(C)O)C1.CCC(C)(C)C(=O)OCC(=O)OC12CC3(C(O)(CC)CC)CC(C(O)(CC)CC)(C1)CC(C(O)(CC)CC)(C2)C3. The molecule has 0 radical (unpaired) electrons. The van der Waals surface area contributed by atoms with Gasteiger partial charge in [-0.2, -0.15) is 0 Å². The lowest BCUT2D eigenvalue weighted by Crippen LogP contribution is -2.77. The van der Waals surface area contributed by atoms with Crippen LogP contribution in [0.2, 0.25) is 0 Å². The highest BCUT2D eigenvalue weighted by atomic mass is 16.6. The molecule has 8 saturated carbocycles. The van der Waals surface area contributed by atoms with E-state index in [0.717, 1.165) is 25.7 Å². The number of hydrogen-bond donors (Lipinski definition) is 11. The van der Waals surface area contributed by atoms with Gasteiger partial charge in [-0.25, -0.2) is 4.79 Å². The van der Waals surface area contributed by atoms with Crippen LogP contribution in [0, 0.1) is 104 Å². The summed E-state index contributed by atoms with van der Waals surface area (Å²) in [4.78, 5) is 52.9. The minimum atomic E-state index is -1.04. The predicted octanol–water partition coefficient (Wildman–Crippen LogP) is 17.2. The van der Waals surface area contributed by atoms with Crippen LogP contribution in [-0.4, -0.2) is 166 Å². The second-order valence-electron chi connectivity index (χ2n) is 45.3. The van der Waals surface area contributed by atoms with Crippen LogP contribution in [0.4, 0.5) is 0 Å². The van der Waals surface area contributed by atoms with E-state index in [1.807, 2.05) is 201 Å². The fourth-order valence-electron chi connectivity index (χ4n) is 23.7. The number of carbonyl (C=O) groups excluding carboxylic acids is 4. The molecule has 8 rings (SSSR count). The summed E-state index contributed by atoms with van der Waals surface area (Å²) in [7, 11) is 0. The Morgan fingerprint density at radius 2 is 0.544 bits per heavy atom. The Morgan fingerprint density at radius 3 is 0.772 bits per heavy atom. The summed E-state index contributed by atoms with van der Waals surface area (Å²) < 4.78 is 24.7. The zero-order chi connectivity index (χ0) is 88.0. The van der Waals surface area contributed by atoms with Crippen LogP contribution >= 0.6 is 0 Å². The number of aliphatic hydroxyl groups is 11. The minimum absolute atomic E-state index is 0.0359. The molecule has 0 aromatic carbocycles. The lowest BCUT2D eigenvalue weighted by molar-refractivity contribution is -0.345. The van der Waals surface area contributed by atoms with E-state index in [0.29, 0.717) is 148 Å². The van der Waals surface area contributed by atoms with Gasteiger partial charge in [-0.3, -0.25) is 14.4 Å². The van der Waals surface area contributed by atoms with Crippen LogP contribution in [0.5, 0.6) is 0 Å². The second kappa shape index (κ2) is 36.1. The first kappa shape index (κ1) is 102. The van der Waals surface area contributed by atoms with Crippen molar-refractivity contribution in [3.63, 3.8) is 0 Å². The monoisotopic (exact) mass is 1620 g/mol. The van der Waals surface area contributed by atoms with Crippen molar-refractivity contribution in [2.45, 2.75) is 467 Å². The average Bonchev–Trinajstić information content (AvgIpc) is 0.655. The van der Waals surface area contributed by atoms with Crippen molar-refractivity contribution in [2.24, 2.45) is 104 Å². The van der Waals surface area contributed by atoms with Gasteiger partial charge in [0, 0.05) is 16.2 Å². The van der Waals surface area contributed by atoms with Crippen molar-refractivity contribution < 1.29 is 94.3 Å². The highest BCUT2D eigenvalue weighted by Crippen LogP contribution is 2.80. The Balaban J connectivity index is 0.000000306. The van der Waals surface area contributed by atoms with Gasteiger partial charge >= 0.3 is 23.9 Å². The number of hydrogen-bond acceptors (Lipinski definition) is 19. The summed E-state index contributed by atoms with van der Waals surface area (Å²) in [5.74, 6) is -1.97. The maximum Gasteiger partial charge on any atom is 0.344 e. The highest BCUT2D eigenvalue weighted by Gasteiger charge is 2.79. The first-order valence-electron chi connectivity index (χ1n) is 45.2. The van der Waals surface area contributed by atoms with Gasteiger partial charge in [0.05, 0.1) is 77.9 Å². The molecule has 4 bridgehead atoms. The van der Waals surface area contributed by atoms with E-state index in [2.05, 4.69) is 0 Å². The van der Waals surface area contributed by atoms with Crippen LogP contribution < -0.4 is 0 Å². The first-order valence-corrected chi connectivity index (χ1v) is 45.2. The van der Waals surface area contributed by atoms with Gasteiger partial charge < -0.3 is 75.1 Å². The molecule has 0 spiro atoms. The Bertz CT molecular complexity index is 2880. The molecule has 0 aromatic rings. The third-order valence-electron chi connectivity index (χ3n) is 32.7. The van der Waals surface area contributed by atoms with Crippen LogP contribution in [-0.2, 0) is 38.1 Å². The number of ether oxygens (including phenoxy) is 4. The minimum Gasteiger partial charge on any atom is -0.461 e. The Labute approximate surface area is 692 Å². The molecule has 11 N–H and O–H groups in total. The smallest absolute Gasteiger partial charge is 0.344 e. The standard InChI is InChI=1S/C33H58O7.2C31H58O6/c1-10-26(8,9)25(35)39-17-24(34)40-30-21-27(31(36,11-2)12-3)18-28(22-30,32(37,13-4)14-5)20-29(19-27,23-30)33(38,15-6)16-7;1-12-27(2,3)26(32)37-25(19-13-21(28(4,5)33)17-22(14-19)29(6,7)34)20-15-23(30(8,9)35)18-24(16-20)31(10,11)36;1-12-27(2,3)26(32)37-25(19-13-15-21(28(4,5)33)23(17-19)30(8,9)35)20-14-16-22(29(6,7)34)24(18-20)31(10,11)36/h36-38H,10-23H2,1-9H3;2*19-25,33-36H,12-18H2,1-11H3. The van der Waals surface area contributed by atoms with E-state index in [1.54, 1.807) is 13.8 Å². The van der Waals surface area contributed by atoms with E-state index in [9.17, 15) is 75.3 Å². The predicted molar refractivity (Wildman–Crippen MR) is 451 cm³/mol. The van der Waals surface area contributed by atoms with Gasteiger partial charge in [0.15, 0.2) is 6.61 Å². The van der Waals surface area contributed by atoms with Crippen LogP contribution in [0.25, 0.3) is 0 Å². The molecular weight excluding hydrogens is 1450 g/mol. The molecule has 0 aromatic heterocycles. The molecule has 8 aliphatic rings. The zero-order valence-electron chi connectivity index (χ0n) is 78.1. The summed E-state index contributed by atoms with van der Waals surface area (Å²) in [5.41, 5.74) is -15.4. The quantitative estimate of drug-likeness (QED) is 0.0220. The Morgan fingerprint density at radius 1 is 0.298 bits per heavy atom. The molecular formula is C95H174O19. The van der Waals surface area contributed by atoms with E-state index >= 15 is 0 Å². The van der Waals surface area contributed by atoms with E-state index in [-0.39, 0.29) is 89.1 Å². The molecule has 8 aliphatic carbocycles. The van der Waals surface area contributed by atoms with Crippen molar-refractivity contribution in [3.05, 3.63) is 0 Å². The van der Waals surface area contributed by atoms with Crippen molar-refractivity contribution in [2.75, 3.05) is 6.61 Å². The summed E-state index contributed by atoms with van der Waals surface area (Å²) in [6, 6.07) is 0. The van der Waals surface area contributed by atoms with Gasteiger partial charge in [-0.15, -0.1) is 0 Å². The van der Waals surface area contributed by atoms with E-state index in [1.165, 1.54) is 0 Å². The van der Waals surface area contributed by atoms with Gasteiger partial charge in [-0.05, 0) is 397 Å². The van der Waals surface area contributed by atoms with Crippen molar-refractivity contribution in [3.8, 4) is 0 Å². The molecule has 10 unspecified atom stereocenters. The highest BCUT2D eigenvalue weighted by molar-refractivity contribution is 5.80. The maximum absolute atomic E-state index is 13.5. The zero-order valence-corrected chi connectivity index (χ0v) is 78.1. The lowest BCUT2D eigenvalue weighted by atomic mass is 9.30. The van der Waals surface area contributed by atoms with Gasteiger partial charge in [0.25, 0.3) is 0 Å². The molecule has 19 nitrogen and oxygen atoms in total. The lowest BCUT2D eigenvalue weighted by Gasteiger charge is -2.77. The van der Waals surface area contributed by atoms with Gasteiger partial charge in [0.2, 0.25) is 0 Å². The number of carbonyl (C=O) groups is 4. The largest absolute Gasteiger partial charge is 0.461 e. The average molecular weight is 1620 g/mol. The number of esters is 4. The third-order valence-corrected chi connectivity index (χ3v) is 32.7. The summed E-state index contributed by atoms with van der Waals surface area (Å²) in [6.07, 6.45) is 16.5. The molecule has 10 atom stereocenters. The van der Waals surface area contributed by atoms with Crippen molar-refractivity contribution in [1.82, 2.24) is 0 Å². The fourth-order valence-corrected chi connectivity index (χ4v) is 23.7. The van der Waals surface area contributed by atoms with E-state index < -0.39 is 124 Å². The van der Waals surface area contributed by atoms with Crippen molar-refractivity contribution >= 4 is 23.9 Å². The topological polar surface area (TPSA) is 328 Å². The molecule has 8 fully saturated rings. The van der Waals surface area contributed by atoms with Gasteiger partial charge in [0.1, 0.15) is 17.8 Å². The maximum atomic E-state index is 13.5. The molecule has 0 saturated heterocycles.